The number of nitrogens with zero attached hydrogens (tertiary/aromatic N) is 2. The van der Waals surface area contributed by atoms with Gasteiger partial charge in [-0.3, -0.25) is 9.59 Å². The highest BCUT2D eigenvalue weighted by atomic mass is 35.5. The zero-order valence-electron chi connectivity index (χ0n) is 15.7. The first-order valence-electron chi connectivity index (χ1n) is 8.59. The normalized spacial score (nSPS) is 17.6. The minimum Gasteiger partial charge on any atom is -0.493 e. The first kappa shape index (κ1) is 20.9. The predicted molar refractivity (Wildman–Crippen MR) is 114 cm³/mol. The van der Waals surface area contributed by atoms with Crippen molar-refractivity contribution < 1.29 is 19.1 Å². The molecule has 0 aliphatic carbocycles. The van der Waals surface area contributed by atoms with Crippen LogP contribution in [0.15, 0.2) is 52.7 Å². The molecule has 9 heteroatoms. The van der Waals surface area contributed by atoms with Crippen LogP contribution in [-0.4, -0.2) is 42.5 Å². The van der Waals surface area contributed by atoms with Crippen LogP contribution < -0.4 is 14.8 Å². The van der Waals surface area contributed by atoms with Gasteiger partial charge in [-0.25, -0.2) is 0 Å². The van der Waals surface area contributed by atoms with Gasteiger partial charge in [0.25, 0.3) is 0 Å². The number of ketones is 1. The number of hydrogen-bond donors (Lipinski definition) is 1. The maximum absolute atomic E-state index is 12.3. The molecule has 29 heavy (non-hydrogen) atoms. The lowest BCUT2D eigenvalue weighted by molar-refractivity contribution is -0.118. The summed E-state index contributed by atoms with van der Waals surface area (Å²) >= 11 is 7.01. The van der Waals surface area contributed by atoms with Crippen molar-refractivity contribution in [1.82, 2.24) is 5.32 Å². The number of nitrogens with one attached hydrogen (secondary N) is 1. The van der Waals surface area contributed by atoms with Crippen molar-refractivity contribution in [2.45, 2.75) is 11.7 Å². The second-order valence-electron chi connectivity index (χ2n) is 5.99. The summed E-state index contributed by atoms with van der Waals surface area (Å²) in [7, 11) is 3.11. The summed E-state index contributed by atoms with van der Waals surface area (Å²) in [6.07, 6.45) is 1.60. The molecule has 2 aromatic rings. The second kappa shape index (κ2) is 9.58. The smallest absolute Gasteiger partial charge is 0.240 e. The zero-order valence-corrected chi connectivity index (χ0v) is 17.3. The average molecular weight is 432 g/mol. The van der Waals surface area contributed by atoms with E-state index in [9.17, 15) is 9.59 Å². The van der Waals surface area contributed by atoms with E-state index in [0.29, 0.717) is 27.3 Å². The number of halogens is 1. The summed E-state index contributed by atoms with van der Waals surface area (Å²) in [6.45, 7) is 0. The molecule has 1 heterocycles. The lowest BCUT2D eigenvalue weighted by atomic mass is 10.1. The number of thioether (sulfide) groups is 1. The van der Waals surface area contributed by atoms with Crippen molar-refractivity contribution in [2.24, 2.45) is 10.2 Å². The first-order valence-corrected chi connectivity index (χ1v) is 9.85. The van der Waals surface area contributed by atoms with Crippen LogP contribution in [-0.2, 0) is 4.79 Å². The van der Waals surface area contributed by atoms with Gasteiger partial charge < -0.3 is 14.8 Å². The monoisotopic (exact) mass is 431 g/mol. The highest BCUT2D eigenvalue weighted by molar-refractivity contribution is 8.15. The third-order valence-electron chi connectivity index (χ3n) is 4.08. The van der Waals surface area contributed by atoms with Crippen molar-refractivity contribution in [3.05, 3.63) is 58.6 Å². The van der Waals surface area contributed by atoms with Gasteiger partial charge in [0.1, 0.15) is 0 Å². The number of carbonyl (C=O) groups is 2. The number of amides is 1. The van der Waals surface area contributed by atoms with Crippen molar-refractivity contribution in [3.63, 3.8) is 0 Å². The standard InChI is InChI=1S/C20H18ClN3O4S/c1-27-16-8-3-12(9-17(16)28-2)11-22-24-20-23-19(26)18(29-20)10-15(25)13-4-6-14(21)7-5-13/h3-9,11,18H,10H2,1-2H3,(H,23,24,26)/b22-11+. The maximum atomic E-state index is 12.3. The number of rotatable bonds is 7. The van der Waals surface area contributed by atoms with Gasteiger partial charge in [-0.05, 0) is 48.0 Å². The average Bonchev–Trinajstić information content (AvgIpc) is 3.07. The van der Waals surface area contributed by atoms with Crippen LogP contribution in [0, 0.1) is 0 Å². The van der Waals surface area contributed by atoms with Crippen LogP contribution in [0.4, 0.5) is 0 Å². The second-order valence-corrected chi connectivity index (χ2v) is 7.62. The first-order chi connectivity index (χ1) is 14.0. The summed E-state index contributed by atoms with van der Waals surface area (Å²) in [6, 6.07) is 11.9. The van der Waals surface area contributed by atoms with Crippen molar-refractivity contribution >= 4 is 46.4 Å². The number of carbonyl (C=O) groups excluding carboxylic acids is 2. The van der Waals surface area contributed by atoms with E-state index in [0.717, 1.165) is 5.56 Å². The highest BCUT2D eigenvalue weighted by Gasteiger charge is 2.32. The Morgan fingerprint density at radius 1 is 1.17 bits per heavy atom. The molecule has 3 rings (SSSR count). The maximum Gasteiger partial charge on any atom is 0.240 e. The van der Waals surface area contributed by atoms with E-state index in [1.165, 1.54) is 18.0 Å². The van der Waals surface area contributed by atoms with E-state index < -0.39 is 5.25 Å². The fourth-order valence-corrected chi connectivity index (χ4v) is 3.64. The van der Waals surface area contributed by atoms with E-state index in [2.05, 4.69) is 15.5 Å². The Morgan fingerprint density at radius 2 is 1.90 bits per heavy atom. The van der Waals surface area contributed by atoms with Gasteiger partial charge in [-0.15, -0.1) is 5.10 Å². The minimum atomic E-state index is -0.548. The molecular formula is C20H18ClN3O4S. The van der Waals surface area contributed by atoms with Crippen LogP contribution in [0.3, 0.4) is 0 Å². The Hall–Kier alpha value is -2.84. The molecule has 1 unspecified atom stereocenters. The third kappa shape index (κ3) is 5.36. The Bertz CT molecular complexity index is 976. The molecule has 0 spiro atoms. The molecule has 1 aliphatic heterocycles. The summed E-state index contributed by atoms with van der Waals surface area (Å²) in [5, 5.41) is 11.0. The largest absolute Gasteiger partial charge is 0.493 e. The van der Waals surface area contributed by atoms with Crippen LogP contribution in [0.5, 0.6) is 11.5 Å². The minimum absolute atomic E-state index is 0.0660. The fraction of sp³-hybridized carbons (Fsp3) is 0.200. The quantitative estimate of drug-likeness (QED) is 0.411. The summed E-state index contributed by atoms with van der Waals surface area (Å²) in [5.74, 6) is 0.790. The highest BCUT2D eigenvalue weighted by Crippen LogP contribution is 2.27. The Labute approximate surface area is 177 Å². The van der Waals surface area contributed by atoms with E-state index in [1.54, 1.807) is 56.7 Å². The van der Waals surface area contributed by atoms with Crippen molar-refractivity contribution in [1.29, 1.82) is 0 Å². The van der Waals surface area contributed by atoms with Gasteiger partial charge in [0.2, 0.25) is 5.91 Å². The predicted octanol–water partition coefficient (Wildman–Crippen LogP) is 3.55. The summed E-state index contributed by atoms with van der Waals surface area (Å²) < 4.78 is 10.4. The van der Waals surface area contributed by atoms with E-state index in [-0.39, 0.29) is 18.1 Å². The summed E-state index contributed by atoms with van der Waals surface area (Å²) in [5.41, 5.74) is 1.27. The third-order valence-corrected chi connectivity index (χ3v) is 5.40. The molecule has 7 nitrogen and oxygen atoms in total. The molecule has 1 saturated heterocycles. The van der Waals surface area contributed by atoms with Crippen molar-refractivity contribution in [2.75, 3.05) is 14.2 Å². The lowest BCUT2D eigenvalue weighted by Gasteiger charge is -2.07. The van der Waals surface area contributed by atoms with Gasteiger partial charge in [0.15, 0.2) is 22.4 Å². The van der Waals surface area contributed by atoms with Crippen LogP contribution in [0.1, 0.15) is 22.3 Å². The number of benzene rings is 2. The van der Waals surface area contributed by atoms with Crippen LogP contribution in [0.25, 0.3) is 0 Å². The Morgan fingerprint density at radius 3 is 2.59 bits per heavy atom. The molecule has 0 bridgehead atoms. The van der Waals surface area contributed by atoms with E-state index in [1.807, 2.05) is 0 Å². The molecule has 2 aromatic carbocycles. The molecule has 1 N–H and O–H groups in total. The Balaban J connectivity index is 1.62. The number of ether oxygens (including phenoxy) is 2. The van der Waals surface area contributed by atoms with Crippen LogP contribution >= 0.6 is 23.4 Å². The molecule has 1 fully saturated rings. The fourth-order valence-electron chi connectivity index (χ4n) is 2.59. The lowest BCUT2D eigenvalue weighted by Crippen LogP contribution is -2.26. The van der Waals surface area contributed by atoms with Crippen molar-refractivity contribution in [3.8, 4) is 11.5 Å². The number of Topliss-reactive ketones (excluding diaryl/α,β-unsaturated/α-hetero) is 1. The van der Waals surface area contributed by atoms with Gasteiger partial charge in [-0.2, -0.15) is 5.10 Å². The SMILES string of the molecule is COc1ccc(/C=N/N=C2\NC(=O)C(CC(=O)c3ccc(Cl)cc3)S2)cc1OC. The molecule has 1 aliphatic rings. The molecule has 1 atom stereocenters. The number of amidine groups is 1. The molecule has 0 radical (unpaired) electrons. The van der Waals surface area contributed by atoms with Gasteiger partial charge in [-0.1, -0.05) is 23.4 Å². The Kier molecular flexibility index (Phi) is 6.90. The molecular weight excluding hydrogens is 414 g/mol. The van der Waals surface area contributed by atoms with Gasteiger partial charge >= 0.3 is 0 Å². The topological polar surface area (TPSA) is 89.4 Å². The van der Waals surface area contributed by atoms with Gasteiger partial charge in [0.05, 0.1) is 25.7 Å². The molecule has 0 saturated carbocycles. The molecule has 0 aromatic heterocycles. The molecule has 1 amide bonds. The zero-order chi connectivity index (χ0) is 20.8. The van der Waals surface area contributed by atoms with Crippen LogP contribution in [0.2, 0.25) is 5.02 Å². The summed E-state index contributed by atoms with van der Waals surface area (Å²) in [4.78, 5) is 24.5. The number of hydrogen-bond acceptors (Lipinski definition) is 7. The number of methoxy groups -OCH3 is 2. The van der Waals surface area contributed by atoms with E-state index in [4.69, 9.17) is 21.1 Å². The molecule has 150 valence electrons. The van der Waals surface area contributed by atoms with Gasteiger partial charge in [0, 0.05) is 17.0 Å². The van der Waals surface area contributed by atoms with E-state index >= 15 is 0 Å².